The zero-order valence-electron chi connectivity index (χ0n) is 10.4. The van der Waals surface area contributed by atoms with E-state index < -0.39 is 11.5 Å². The summed E-state index contributed by atoms with van der Waals surface area (Å²) in [5, 5.41) is 10.2. The molecule has 0 aromatic rings. The van der Waals surface area contributed by atoms with Gasteiger partial charge in [-0.2, -0.15) is 0 Å². The van der Waals surface area contributed by atoms with E-state index in [1.54, 1.807) is 6.08 Å². The first-order valence-electron chi connectivity index (χ1n) is 5.61. The summed E-state index contributed by atoms with van der Waals surface area (Å²) in [6.07, 6.45) is 3.97. The average Bonchev–Trinajstić information content (AvgIpc) is 2.33. The van der Waals surface area contributed by atoms with Crippen LogP contribution in [-0.2, 0) is 9.53 Å². The van der Waals surface area contributed by atoms with Gasteiger partial charge in [0.05, 0.1) is 6.61 Å². The van der Waals surface area contributed by atoms with E-state index in [0.717, 1.165) is 0 Å². The SMILES string of the molecule is C=CCOC(=O)C(CC)(CC=C)N(N)CCO. The molecular weight excluding hydrogens is 220 g/mol. The van der Waals surface area contributed by atoms with Gasteiger partial charge in [-0.3, -0.25) is 5.84 Å². The van der Waals surface area contributed by atoms with Crippen molar-refractivity contribution in [2.24, 2.45) is 5.84 Å². The maximum absolute atomic E-state index is 12.0. The minimum absolute atomic E-state index is 0.121. The standard InChI is InChI=1S/C12H22N2O3/c1-4-7-12(6-3,14(13)8-9-15)11(16)17-10-5-2/h4-5,15H,1-2,6-10,13H2,3H3. The highest BCUT2D eigenvalue weighted by Gasteiger charge is 2.41. The van der Waals surface area contributed by atoms with Crippen LogP contribution in [0.15, 0.2) is 25.3 Å². The van der Waals surface area contributed by atoms with Crippen molar-refractivity contribution in [3.8, 4) is 0 Å². The van der Waals surface area contributed by atoms with Crippen LogP contribution in [0.2, 0.25) is 0 Å². The van der Waals surface area contributed by atoms with Crippen LogP contribution in [0, 0.1) is 0 Å². The zero-order chi connectivity index (χ0) is 13.3. The van der Waals surface area contributed by atoms with Gasteiger partial charge >= 0.3 is 5.97 Å². The van der Waals surface area contributed by atoms with Gasteiger partial charge < -0.3 is 9.84 Å². The number of carbonyl (C=O) groups is 1. The minimum Gasteiger partial charge on any atom is -0.460 e. The number of β-amino-alcohol motifs (C(OH)–C–C–N with tert-alkyl or cyclic N) is 1. The highest BCUT2D eigenvalue weighted by molar-refractivity contribution is 5.81. The van der Waals surface area contributed by atoms with Gasteiger partial charge in [0.2, 0.25) is 0 Å². The number of hydrazine groups is 1. The molecule has 0 rings (SSSR count). The molecule has 0 radical (unpaired) electrons. The lowest BCUT2D eigenvalue weighted by Crippen LogP contribution is -2.59. The molecule has 17 heavy (non-hydrogen) atoms. The van der Waals surface area contributed by atoms with Crippen LogP contribution in [0.5, 0.6) is 0 Å². The molecule has 0 aliphatic carbocycles. The maximum Gasteiger partial charge on any atom is 0.328 e. The number of nitrogens with two attached hydrogens (primary N) is 1. The van der Waals surface area contributed by atoms with Crippen LogP contribution < -0.4 is 5.84 Å². The Bertz CT molecular complexity index is 268. The van der Waals surface area contributed by atoms with Crippen LogP contribution in [0.1, 0.15) is 19.8 Å². The van der Waals surface area contributed by atoms with Gasteiger partial charge in [-0.1, -0.05) is 25.7 Å². The summed E-state index contributed by atoms with van der Waals surface area (Å²) < 4.78 is 5.06. The van der Waals surface area contributed by atoms with Crippen molar-refractivity contribution in [1.82, 2.24) is 5.01 Å². The van der Waals surface area contributed by atoms with E-state index in [4.69, 9.17) is 15.7 Å². The first kappa shape index (κ1) is 15.8. The van der Waals surface area contributed by atoms with E-state index >= 15 is 0 Å². The van der Waals surface area contributed by atoms with E-state index in [-0.39, 0.29) is 19.8 Å². The quantitative estimate of drug-likeness (QED) is 0.268. The van der Waals surface area contributed by atoms with Crippen molar-refractivity contribution in [2.45, 2.75) is 25.3 Å². The van der Waals surface area contributed by atoms with Crippen molar-refractivity contribution in [1.29, 1.82) is 0 Å². The molecule has 0 aromatic carbocycles. The molecule has 0 bridgehead atoms. The Kier molecular flexibility index (Phi) is 7.45. The number of rotatable bonds is 9. The van der Waals surface area contributed by atoms with E-state index in [9.17, 15) is 4.79 Å². The third kappa shape index (κ3) is 3.96. The normalized spacial score (nSPS) is 14.1. The lowest BCUT2D eigenvalue weighted by Gasteiger charge is -2.37. The van der Waals surface area contributed by atoms with Gasteiger partial charge in [0.25, 0.3) is 0 Å². The summed E-state index contributed by atoms with van der Waals surface area (Å²) in [5.74, 6) is 5.41. The van der Waals surface area contributed by atoms with Crippen molar-refractivity contribution in [3.63, 3.8) is 0 Å². The van der Waals surface area contributed by atoms with Crippen molar-refractivity contribution < 1.29 is 14.6 Å². The predicted octanol–water partition coefficient (Wildman–Crippen LogP) is 0.609. The second-order valence-corrected chi connectivity index (χ2v) is 3.68. The van der Waals surface area contributed by atoms with Crippen LogP contribution in [0.25, 0.3) is 0 Å². The number of carbonyl (C=O) groups excluding carboxylic acids is 1. The molecule has 0 amide bonds. The van der Waals surface area contributed by atoms with E-state index in [1.807, 2.05) is 6.92 Å². The molecule has 1 atom stereocenters. The fourth-order valence-corrected chi connectivity index (χ4v) is 1.64. The first-order chi connectivity index (χ1) is 8.08. The Hall–Kier alpha value is -1.17. The second-order valence-electron chi connectivity index (χ2n) is 3.68. The summed E-state index contributed by atoms with van der Waals surface area (Å²) in [6, 6.07) is 0. The number of esters is 1. The first-order valence-corrected chi connectivity index (χ1v) is 5.61. The maximum atomic E-state index is 12.0. The lowest BCUT2D eigenvalue weighted by molar-refractivity contribution is -0.158. The van der Waals surface area contributed by atoms with Crippen molar-refractivity contribution in [3.05, 3.63) is 25.3 Å². The fraction of sp³-hybridized carbons (Fsp3) is 0.583. The molecule has 5 nitrogen and oxygen atoms in total. The molecule has 1 unspecified atom stereocenters. The summed E-state index contributed by atoms with van der Waals surface area (Å²) in [7, 11) is 0. The topological polar surface area (TPSA) is 75.8 Å². The summed E-state index contributed by atoms with van der Waals surface area (Å²) in [4.78, 5) is 12.0. The Morgan fingerprint density at radius 2 is 2.18 bits per heavy atom. The molecule has 0 saturated heterocycles. The number of nitrogens with zero attached hydrogens (tertiary/aromatic N) is 1. The van der Waals surface area contributed by atoms with E-state index in [1.165, 1.54) is 11.1 Å². The average molecular weight is 242 g/mol. The van der Waals surface area contributed by atoms with Crippen LogP contribution >= 0.6 is 0 Å². The lowest BCUT2D eigenvalue weighted by atomic mass is 9.91. The van der Waals surface area contributed by atoms with Crippen molar-refractivity contribution >= 4 is 5.97 Å². The number of aliphatic hydroxyl groups excluding tert-OH is 1. The number of hydrogen-bond donors (Lipinski definition) is 2. The summed E-state index contributed by atoms with van der Waals surface area (Å²) in [5.41, 5.74) is -0.965. The summed E-state index contributed by atoms with van der Waals surface area (Å²) >= 11 is 0. The predicted molar refractivity (Wildman–Crippen MR) is 67.0 cm³/mol. The van der Waals surface area contributed by atoms with Crippen LogP contribution in [0.3, 0.4) is 0 Å². The van der Waals surface area contributed by atoms with Gasteiger partial charge in [-0.05, 0) is 12.8 Å². The largest absolute Gasteiger partial charge is 0.460 e. The molecule has 0 aromatic heterocycles. The smallest absolute Gasteiger partial charge is 0.328 e. The van der Waals surface area contributed by atoms with Gasteiger partial charge in [0.15, 0.2) is 0 Å². The van der Waals surface area contributed by atoms with Crippen LogP contribution in [-0.4, -0.2) is 41.4 Å². The van der Waals surface area contributed by atoms with Gasteiger partial charge in [0, 0.05) is 6.54 Å². The third-order valence-electron chi connectivity index (χ3n) is 2.67. The Morgan fingerprint density at radius 3 is 2.59 bits per heavy atom. The highest BCUT2D eigenvalue weighted by atomic mass is 16.5. The second kappa shape index (κ2) is 8.00. The van der Waals surface area contributed by atoms with E-state index in [2.05, 4.69) is 13.2 Å². The number of aliphatic hydroxyl groups is 1. The molecule has 0 fully saturated rings. The van der Waals surface area contributed by atoms with E-state index in [0.29, 0.717) is 12.8 Å². The molecule has 5 heteroatoms. The Balaban J connectivity index is 4.96. The van der Waals surface area contributed by atoms with Gasteiger partial charge in [0.1, 0.15) is 12.1 Å². The number of ether oxygens (including phenoxy) is 1. The third-order valence-corrected chi connectivity index (χ3v) is 2.67. The molecule has 0 saturated carbocycles. The Labute approximate surface area is 103 Å². The monoisotopic (exact) mass is 242 g/mol. The van der Waals surface area contributed by atoms with Gasteiger partial charge in [-0.25, -0.2) is 9.80 Å². The molecular formula is C12H22N2O3. The zero-order valence-corrected chi connectivity index (χ0v) is 10.4. The molecule has 3 N–H and O–H groups in total. The highest BCUT2D eigenvalue weighted by Crippen LogP contribution is 2.23. The van der Waals surface area contributed by atoms with Crippen molar-refractivity contribution in [2.75, 3.05) is 19.8 Å². The summed E-state index contributed by atoms with van der Waals surface area (Å²) in [6.45, 7) is 9.18. The molecule has 0 heterocycles. The Morgan fingerprint density at radius 1 is 1.53 bits per heavy atom. The minimum atomic E-state index is -0.965. The molecule has 0 aliphatic rings. The van der Waals surface area contributed by atoms with Gasteiger partial charge in [-0.15, -0.1) is 6.58 Å². The molecule has 0 aliphatic heterocycles. The van der Waals surface area contributed by atoms with Crippen LogP contribution in [0.4, 0.5) is 0 Å². The molecule has 0 spiro atoms. The molecule has 98 valence electrons. The fourth-order valence-electron chi connectivity index (χ4n) is 1.64. The number of hydrogen-bond acceptors (Lipinski definition) is 5.